The molecule has 0 bridgehead atoms. The van der Waals surface area contributed by atoms with Crippen molar-refractivity contribution < 1.29 is 21.6 Å². The fraction of sp³-hybridized carbons (Fsp3) is 1.00. The van der Waals surface area contributed by atoms with Crippen LogP contribution in [-0.2, 0) is 10.2 Å². The quantitative estimate of drug-likeness (QED) is 0.744. The molecule has 20 heavy (non-hydrogen) atoms. The Morgan fingerprint density at radius 1 is 1.20 bits per heavy atom. The Labute approximate surface area is 117 Å². The second kappa shape index (κ2) is 7.58. The summed E-state index contributed by atoms with van der Waals surface area (Å²) in [5.74, 6) is 0. The standard InChI is InChI=1S/C11H22F3N3O2S/c12-11(13,14)9-16-20(18,19)17(8-4-7-15)10-5-2-1-3-6-10/h10,16H,1-9,15H2. The number of nitrogens with zero attached hydrogens (tertiary/aromatic N) is 1. The molecule has 0 unspecified atom stereocenters. The van der Waals surface area contributed by atoms with Crippen molar-refractivity contribution in [1.29, 1.82) is 0 Å². The number of halogens is 3. The van der Waals surface area contributed by atoms with E-state index in [1.165, 1.54) is 0 Å². The van der Waals surface area contributed by atoms with Crippen LogP contribution in [0.3, 0.4) is 0 Å². The van der Waals surface area contributed by atoms with Gasteiger partial charge in [-0.3, -0.25) is 0 Å². The summed E-state index contributed by atoms with van der Waals surface area (Å²) in [6.07, 6.45) is 0.103. The lowest BCUT2D eigenvalue weighted by molar-refractivity contribution is -0.121. The van der Waals surface area contributed by atoms with Crippen molar-refractivity contribution in [3.8, 4) is 0 Å². The van der Waals surface area contributed by atoms with Crippen molar-refractivity contribution >= 4 is 10.2 Å². The van der Waals surface area contributed by atoms with Crippen LogP contribution in [0.25, 0.3) is 0 Å². The maximum Gasteiger partial charge on any atom is 0.402 e. The summed E-state index contributed by atoms with van der Waals surface area (Å²) in [6, 6.07) is -0.221. The van der Waals surface area contributed by atoms with E-state index in [4.69, 9.17) is 5.73 Å². The van der Waals surface area contributed by atoms with Crippen LogP contribution < -0.4 is 10.5 Å². The largest absolute Gasteiger partial charge is 0.402 e. The SMILES string of the molecule is NCCCN(C1CCCCC1)S(=O)(=O)NCC(F)(F)F. The van der Waals surface area contributed by atoms with Gasteiger partial charge in [0.25, 0.3) is 10.2 Å². The summed E-state index contributed by atoms with van der Waals surface area (Å²) in [4.78, 5) is 0. The summed E-state index contributed by atoms with van der Waals surface area (Å²) in [7, 11) is -4.12. The third-order valence-electron chi connectivity index (χ3n) is 3.33. The van der Waals surface area contributed by atoms with E-state index >= 15 is 0 Å². The highest BCUT2D eigenvalue weighted by atomic mass is 32.2. The van der Waals surface area contributed by atoms with E-state index in [1.54, 1.807) is 4.72 Å². The summed E-state index contributed by atoms with van der Waals surface area (Å²) < 4.78 is 63.4. The summed E-state index contributed by atoms with van der Waals surface area (Å²) >= 11 is 0. The predicted molar refractivity (Wildman–Crippen MR) is 70.2 cm³/mol. The fourth-order valence-corrected chi connectivity index (χ4v) is 3.86. The van der Waals surface area contributed by atoms with Crippen LogP contribution in [0.5, 0.6) is 0 Å². The first-order valence-electron chi connectivity index (χ1n) is 6.79. The normalized spacial score (nSPS) is 18.6. The Balaban J connectivity index is 2.73. The first kappa shape index (κ1) is 17.7. The summed E-state index contributed by atoms with van der Waals surface area (Å²) in [5.41, 5.74) is 5.37. The number of hydrogen-bond donors (Lipinski definition) is 2. The molecule has 0 atom stereocenters. The summed E-state index contributed by atoms with van der Waals surface area (Å²) in [5, 5.41) is 0. The molecule has 0 aromatic heterocycles. The zero-order chi connectivity index (χ0) is 15.2. The average Bonchev–Trinajstić information content (AvgIpc) is 2.37. The molecule has 1 rings (SSSR count). The molecule has 0 aromatic rings. The van der Waals surface area contributed by atoms with E-state index in [2.05, 4.69) is 0 Å². The minimum atomic E-state index is -4.56. The Morgan fingerprint density at radius 3 is 2.30 bits per heavy atom. The minimum absolute atomic E-state index is 0.161. The fourth-order valence-electron chi connectivity index (χ4n) is 2.37. The van der Waals surface area contributed by atoms with Gasteiger partial charge in [0, 0.05) is 12.6 Å². The van der Waals surface area contributed by atoms with Crippen LogP contribution in [0, 0.1) is 0 Å². The zero-order valence-electron chi connectivity index (χ0n) is 11.3. The molecular formula is C11H22F3N3O2S. The Bertz CT molecular complexity index is 381. The van der Waals surface area contributed by atoms with Gasteiger partial charge >= 0.3 is 6.18 Å². The number of nitrogens with two attached hydrogens (primary N) is 1. The van der Waals surface area contributed by atoms with Gasteiger partial charge in [-0.2, -0.15) is 30.6 Å². The number of rotatable bonds is 7. The first-order chi connectivity index (χ1) is 9.26. The van der Waals surface area contributed by atoms with Crippen molar-refractivity contribution in [3.05, 3.63) is 0 Å². The molecule has 0 amide bonds. The monoisotopic (exact) mass is 317 g/mol. The molecule has 0 saturated heterocycles. The minimum Gasteiger partial charge on any atom is -0.330 e. The highest BCUT2D eigenvalue weighted by Crippen LogP contribution is 2.25. The maximum atomic E-state index is 12.2. The molecule has 1 aliphatic rings. The third kappa shape index (κ3) is 5.94. The van der Waals surface area contributed by atoms with E-state index in [9.17, 15) is 21.6 Å². The lowest BCUT2D eigenvalue weighted by Gasteiger charge is -2.33. The zero-order valence-corrected chi connectivity index (χ0v) is 12.1. The van der Waals surface area contributed by atoms with Crippen molar-refractivity contribution in [2.75, 3.05) is 19.6 Å². The Kier molecular flexibility index (Phi) is 6.70. The van der Waals surface area contributed by atoms with Gasteiger partial charge < -0.3 is 5.73 Å². The Morgan fingerprint density at radius 2 is 1.80 bits per heavy atom. The molecule has 0 spiro atoms. The van der Waals surface area contributed by atoms with Gasteiger partial charge in [-0.1, -0.05) is 19.3 Å². The number of alkyl halides is 3. The topological polar surface area (TPSA) is 75.4 Å². The van der Waals surface area contributed by atoms with Crippen LogP contribution in [0.2, 0.25) is 0 Å². The van der Waals surface area contributed by atoms with E-state index < -0.39 is 22.9 Å². The van der Waals surface area contributed by atoms with Gasteiger partial charge in [-0.05, 0) is 25.8 Å². The van der Waals surface area contributed by atoms with Crippen LogP contribution in [-0.4, -0.2) is 44.6 Å². The molecule has 0 heterocycles. The smallest absolute Gasteiger partial charge is 0.330 e. The van der Waals surface area contributed by atoms with Gasteiger partial charge in [-0.15, -0.1) is 0 Å². The van der Waals surface area contributed by atoms with Crippen LogP contribution in [0.1, 0.15) is 38.5 Å². The molecule has 0 aromatic carbocycles. The average molecular weight is 317 g/mol. The molecule has 1 aliphatic carbocycles. The van der Waals surface area contributed by atoms with E-state index in [1.807, 2.05) is 0 Å². The van der Waals surface area contributed by atoms with Gasteiger partial charge in [0.1, 0.15) is 6.54 Å². The van der Waals surface area contributed by atoms with Gasteiger partial charge in [0.05, 0.1) is 0 Å². The molecule has 9 heteroatoms. The molecule has 3 N–H and O–H groups in total. The molecule has 1 fully saturated rings. The van der Waals surface area contributed by atoms with Crippen molar-refractivity contribution in [1.82, 2.24) is 9.03 Å². The van der Waals surface area contributed by atoms with Gasteiger partial charge in [-0.25, -0.2) is 0 Å². The molecule has 1 saturated carbocycles. The third-order valence-corrected chi connectivity index (χ3v) is 4.94. The molecule has 0 radical (unpaired) electrons. The van der Waals surface area contributed by atoms with Gasteiger partial charge in [0.15, 0.2) is 0 Å². The molecule has 5 nitrogen and oxygen atoms in total. The number of hydrogen-bond acceptors (Lipinski definition) is 3. The van der Waals surface area contributed by atoms with E-state index in [0.717, 1.165) is 23.6 Å². The lowest BCUT2D eigenvalue weighted by Crippen LogP contribution is -2.50. The van der Waals surface area contributed by atoms with Gasteiger partial charge in [0.2, 0.25) is 0 Å². The van der Waals surface area contributed by atoms with Crippen LogP contribution in [0.4, 0.5) is 13.2 Å². The molecule has 120 valence electrons. The Hall–Kier alpha value is -0.380. The highest BCUT2D eigenvalue weighted by molar-refractivity contribution is 7.87. The van der Waals surface area contributed by atoms with Crippen LogP contribution >= 0.6 is 0 Å². The highest BCUT2D eigenvalue weighted by Gasteiger charge is 2.34. The maximum absolute atomic E-state index is 12.2. The first-order valence-corrected chi connectivity index (χ1v) is 8.23. The second-order valence-corrected chi connectivity index (χ2v) is 6.69. The van der Waals surface area contributed by atoms with Crippen molar-refractivity contribution in [3.63, 3.8) is 0 Å². The van der Waals surface area contributed by atoms with E-state index in [-0.39, 0.29) is 12.6 Å². The predicted octanol–water partition coefficient (Wildman–Crippen LogP) is 1.37. The van der Waals surface area contributed by atoms with Crippen LogP contribution in [0.15, 0.2) is 0 Å². The van der Waals surface area contributed by atoms with Crippen molar-refractivity contribution in [2.45, 2.75) is 50.7 Å². The lowest BCUT2D eigenvalue weighted by atomic mass is 9.95. The van der Waals surface area contributed by atoms with Crippen molar-refractivity contribution in [2.24, 2.45) is 5.73 Å². The molecule has 0 aliphatic heterocycles. The van der Waals surface area contributed by atoms with E-state index in [0.29, 0.717) is 25.8 Å². The number of nitrogens with one attached hydrogen (secondary N) is 1. The summed E-state index contributed by atoms with van der Waals surface area (Å²) in [6.45, 7) is -1.08. The molecular weight excluding hydrogens is 295 g/mol. The second-order valence-electron chi connectivity index (χ2n) is 4.99.